The second-order valence-electron chi connectivity index (χ2n) is 7.73. The van der Waals surface area contributed by atoms with Crippen molar-refractivity contribution in [1.29, 1.82) is 0 Å². The average molecular weight is 436 g/mol. The van der Waals surface area contributed by atoms with Crippen LogP contribution in [0.25, 0.3) is 16.6 Å². The van der Waals surface area contributed by atoms with Crippen LogP contribution in [0, 0.1) is 10.1 Å². The number of non-ortho nitro benzene ring substituents is 1. The van der Waals surface area contributed by atoms with E-state index < -0.39 is 10.9 Å². The van der Waals surface area contributed by atoms with E-state index in [1.807, 2.05) is 0 Å². The zero-order valence-corrected chi connectivity index (χ0v) is 17.8. The molecule has 32 heavy (non-hydrogen) atoms. The Balaban J connectivity index is 1.84. The molecular weight excluding hydrogens is 412 g/mol. The molecule has 0 N–H and O–H groups in total. The van der Waals surface area contributed by atoms with Crippen molar-refractivity contribution in [2.24, 2.45) is 0 Å². The number of likely N-dealkylation sites (tertiary alicyclic amines) is 1. The Morgan fingerprint density at radius 1 is 1.12 bits per heavy atom. The van der Waals surface area contributed by atoms with E-state index in [1.54, 1.807) is 31.2 Å². The number of aromatic nitrogens is 2. The summed E-state index contributed by atoms with van der Waals surface area (Å²) in [6, 6.07) is 10.7. The van der Waals surface area contributed by atoms with Crippen LogP contribution in [-0.4, -0.2) is 45.0 Å². The van der Waals surface area contributed by atoms with Crippen molar-refractivity contribution in [3.8, 4) is 5.69 Å². The number of carbonyl (C=O) groups excluding carboxylic acids is 1. The molecule has 0 saturated carbocycles. The van der Waals surface area contributed by atoms with Gasteiger partial charge in [-0.3, -0.25) is 24.4 Å². The van der Waals surface area contributed by atoms with Gasteiger partial charge in [-0.15, -0.1) is 0 Å². The Morgan fingerprint density at radius 2 is 1.84 bits per heavy atom. The molecule has 1 aliphatic heterocycles. The molecule has 0 unspecified atom stereocenters. The molecule has 9 heteroatoms. The molecule has 0 amide bonds. The van der Waals surface area contributed by atoms with Gasteiger partial charge < -0.3 is 4.74 Å². The first-order valence-corrected chi connectivity index (χ1v) is 10.7. The first-order valence-electron chi connectivity index (χ1n) is 10.7. The van der Waals surface area contributed by atoms with Crippen molar-refractivity contribution < 1.29 is 14.5 Å². The zero-order chi connectivity index (χ0) is 22.7. The summed E-state index contributed by atoms with van der Waals surface area (Å²) in [6.45, 7) is 4.35. The van der Waals surface area contributed by atoms with Crippen molar-refractivity contribution >= 4 is 22.6 Å². The number of hydrogen-bond donors (Lipinski definition) is 0. The summed E-state index contributed by atoms with van der Waals surface area (Å²) in [6.07, 6.45) is 3.38. The molecule has 2 aromatic carbocycles. The maximum atomic E-state index is 13.5. The van der Waals surface area contributed by atoms with Crippen molar-refractivity contribution in [3.05, 3.63) is 74.3 Å². The molecule has 1 aliphatic rings. The van der Waals surface area contributed by atoms with Gasteiger partial charge in [0.25, 0.3) is 11.2 Å². The monoisotopic (exact) mass is 436 g/mol. The highest BCUT2D eigenvalue weighted by Gasteiger charge is 2.19. The zero-order valence-electron chi connectivity index (χ0n) is 17.8. The third-order valence-corrected chi connectivity index (χ3v) is 5.58. The lowest BCUT2D eigenvalue weighted by Crippen LogP contribution is -2.33. The van der Waals surface area contributed by atoms with E-state index in [1.165, 1.54) is 29.2 Å². The summed E-state index contributed by atoms with van der Waals surface area (Å²) >= 11 is 0. The normalized spacial score (nSPS) is 14.4. The van der Waals surface area contributed by atoms with Crippen LogP contribution in [0.1, 0.15) is 42.4 Å². The smallest absolute Gasteiger partial charge is 0.338 e. The van der Waals surface area contributed by atoms with Gasteiger partial charge in [0.15, 0.2) is 0 Å². The fraction of sp³-hybridized carbons (Fsp3) is 0.348. The Morgan fingerprint density at radius 3 is 2.50 bits per heavy atom. The summed E-state index contributed by atoms with van der Waals surface area (Å²) in [5.74, 6) is 0.120. The maximum absolute atomic E-state index is 13.5. The third-order valence-electron chi connectivity index (χ3n) is 5.58. The first-order chi connectivity index (χ1) is 15.5. The summed E-state index contributed by atoms with van der Waals surface area (Å²) in [5, 5.41) is 11.4. The minimum absolute atomic E-state index is 0.163. The van der Waals surface area contributed by atoms with Crippen LogP contribution in [0.5, 0.6) is 0 Å². The summed E-state index contributed by atoms with van der Waals surface area (Å²) in [4.78, 5) is 43.1. The van der Waals surface area contributed by atoms with Crippen LogP contribution in [0.4, 0.5) is 5.69 Å². The van der Waals surface area contributed by atoms with E-state index in [9.17, 15) is 19.7 Å². The minimum Gasteiger partial charge on any atom is -0.462 e. The fourth-order valence-electron chi connectivity index (χ4n) is 3.98. The number of nitro groups is 1. The summed E-state index contributed by atoms with van der Waals surface area (Å²) in [7, 11) is 0. The van der Waals surface area contributed by atoms with Crippen LogP contribution in [-0.2, 0) is 11.3 Å². The molecule has 0 atom stereocenters. The van der Waals surface area contributed by atoms with Crippen LogP contribution in [0.3, 0.4) is 0 Å². The maximum Gasteiger partial charge on any atom is 0.338 e. The van der Waals surface area contributed by atoms with Gasteiger partial charge in [-0.25, -0.2) is 9.78 Å². The van der Waals surface area contributed by atoms with Gasteiger partial charge in [0.2, 0.25) is 0 Å². The molecular formula is C23H24N4O5. The van der Waals surface area contributed by atoms with Gasteiger partial charge in [0.1, 0.15) is 5.82 Å². The van der Waals surface area contributed by atoms with Gasteiger partial charge in [-0.05, 0) is 63.2 Å². The van der Waals surface area contributed by atoms with E-state index in [0.717, 1.165) is 25.9 Å². The summed E-state index contributed by atoms with van der Waals surface area (Å²) in [5.41, 5.74) is 0.799. The molecule has 3 aromatic rings. The van der Waals surface area contributed by atoms with E-state index in [0.29, 0.717) is 29.1 Å². The highest BCUT2D eigenvalue weighted by Crippen LogP contribution is 2.21. The number of piperidine rings is 1. The Bertz CT molecular complexity index is 1210. The van der Waals surface area contributed by atoms with Gasteiger partial charge in [0.05, 0.1) is 40.2 Å². The standard InChI is InChI=1S/C23H24N4O5/c1-2-32-23(29)16-6-8-17(9-7-16)26-21(15-25-12-4-3-5-13-25)24-20-11-10-18(27(30)31)14-19(20)22(26)28/h6-11,14H,2-5,12-13,15H2,1H3. The number of esters is 1. The van der Waals surface area contributed by atoms with Crippen molar-refractivity contribution in [2.45, 2.75) is 32.7 Å². The highest BCUT2D eigenvalue weighted by atomic mass is 16.6. The molecule has 0 bridgehead atoms. The quantitative estimate of drug-likeness (QED) is 0.331. The molecule has 2 heterocycles. The lowest BCUT2D eigenvalue weighted by molar-refractivity contribution is -0.384. The number of carbonyl (C=O) groups is 1. The number of nitrogens with zero attached hydrogens (tertiary/aromatic N) is 4. The number of rotatable bonds is 6. The number of nitro benzene ring substituents is 1. The average Bonchev–Trinajstić information content (AvgIpc) is 2.80. The lowest BCUT2D eigenvalue weighted by atomic mass is 10.1. The number of hydrogen-bond acceptors (Lipinski definition) is 7. The number of ether oxygens (including phenoxy) is 1. The van der Waals surface area contributed by atoms with Crippen molar-refractivity contribution in [1.82, 2.24) is 14.5 Å². The second-order valence-corrected chi connectivity index (χ2v) is 7.73. The number of fused-ring (bicyclic) bond motifs is 1. The van der Waals surface area contributed by atoms with Crippen LogP contribution in [0.15, 0.2) is 47.3 Å². The molecule has 0 spiro atoms. The van der Waals surface area contributed by atoms with Gasteiger partial charge in [-0.2, -0.15) is 0 Å². The minimum atomic E-state index is -0.529. The second kappa shape index (κ2) is 9.27. The molecule has 166 valence electrons. The van der Waals surface area contributed by atoms with Gasteiger partial charge >= 0.3 is 5.97 Å². The lowest BCUT2D eigenvalue weighted by Gasteiger charge is -2.27. The van der Waals surface area contributed by atoms with Gasteiger partial charge in [-0.1, -0.05) is 6.42 Å². The van der Waals surface area contributed by atoms with Crippen LogP contribution >= 0.6 is 0 Å². The summed E-state index contributed by atoms with van der Waals surface area (Å²) < 4.78 is 6.51. The van der Waals surface area contributed by atoms with E-state index in [2.05, 4.69) is 4.90 Å². The molecule has 9 nitrogen and oxygen atoms in total. The molecule has 0 radical (unpaired) electrons. The fourth-order valence-corrected chi connectivity index (χ4v) is 3.98. The molecule has 1 saturated heterocycles. The first kappa shape index (κ1) is 21.6. The molecule has 0 aliphatic carbocycles. The van der Waals surface area contributed by atoms with Crippen LogP contribution in [0.2, 0.25) is 0 Å². The molecule has 1 aromatic heterocycles. The SMILES string of the molecule is CCOC(=O)c1ccc(-n2c(CN3CCCCC3)nc3ccc([N+](=O)[O-])cc3c2=O)cc1. The largest absolute Gasteiger partial charge is 0.462 e. The van der Waals surface area contributed by atoms with E-state index >= 15 is 0 Å². The van der Waals surface area contributed by atoms with E-state index in [4.69, 9.17) is 9.72 Å². The topological polar surface area (TPSA) is 108 Å². The predicted molar refractivity (Wildman–Crippen MR) is 119 cm³/mol. The molecule has 4 rings (SSSR count). The number of benzene rings is 2. The van der Waals surface area contributed by atoms with E-state index in [-0.39, 0.29) is 23.2 Å². The van der Waals surface area contributed by atoms with Crippen molar-refractivity contribution in [2.75, 3.05) is 19.7 Å². The molecule has 1 fully saturated rings. The Kier molecular flexibility index (Phi) is 6.27. The third kappa shape index (κ3) is 4.38. The van der Waals surface area contributed by atoms with Crippen LogP contribution < -0.4 is 5.56 Å². The Labute approximate surface area is 184 Å². The van der Waals surface area contributed by atoms with Gasteiger partial charge in [0, 0.05) is 12.1 Å². The van der Waals surface area contributed by atoms with Crippen molar-refractivity contribution in [3.63, 3.8) is 0 Å². The predicted octanol–water partition coefficient (Wildman–Crippen LogP) is 3.46. The highest BCUT2D eigenvalue weighted by molar-refractivity contribution is 5.89. The Hall–Kier alpha value is -3.59.